The molecule has 0 aromatic heterocycles. The molecule has 1 N–H and O–H groups in total. The Balaban J connectivity index is 3.45. The number of rotatable bonds is 7. The third-order valence-electron chi connectivity index (χ3n) is 2.47. The van der Waals surface area contributed by atoms with E-state index in [0.29, 0.717) is 6.42 Å². The Hall–Kier alpha value is -0.550. The number of nitriles is 1. The highest BCUT2D eigenvalue weighted by Gasteiger charge is 2.12. The Kier molecular flexibility index (Phi) is 7.73. The summed E-state index contributed by atoms with van der Waals surface area (Å²) in [5, 5.41) is 18.0. The van der Waals surface area contributed by atoms with E-state index in [1.807, 2.05) is 6.92 Å². The third kappa shape index (κ3) is 6.60. The van der Waals surface area contributed by atoms with Gasteiger partial charge in [0.15, 0.2) is 0 Å². The zero-order valence-electron chi connectivity index (χ0n) is 8.79. The average Bonchev–Trinajstić information content (AvgIpc) is 2.14. The maximum atomic E-state index is 9.66. The van der Waals surface area contributed by atoms with E-state index >= 15 is 0 Å². The van der Waals surface area contributed by atoms with Crippen molar-refractivity contribution < 1.29 is 5.11 Å². The van der Waals surface area contributed by atoms with Gasteiger partial charge in [0.2, 0.25) is 0 Å². The Morgan fingerprint density at radius 3 is 2.54 bits per heavy atom. The van der Waals surface area contributed by atoms with E-state index in [1.165, 1.54) is 12.8 Å². The van der Waals surface area contributed by atoms with Gasteiger partial charge in [-0.25, -0.2) is 0 Å². The normalized spacial score (nSPS) is 14.9. The molecular weight excluding hydrogens is 162 g/mol. The molecule has 0 fully saturated rings. The fourth-order valence-electron chi connectivity index (χ4n) is 1.37. The van der Waals surface area contributed by atoms with Crippen LogP contribution in [-0.2, 0) is 0 Å². The second-order valence-corrected chi connectivity index (χ2v) is 3.74. The second-order valence-electron chi connectivity index (χ2n) is 3.74. The summed E-state index contributed by atoms with van der Waals surface area (Å²) >= 11 is 0. The number of nitrogens with zero attached hydrogens (tertiary/aromatic N) is 1. The Morgan fingerprint density at radius 2 is 2.00 bits per heavy atom. The van der Waals surface area contributed by atoms with Gasteiger partial charge in [-0.3, -0.25) is 0 Å². The molecule has 2 heteroatoms. The lowest BCUT2D eigenvalue weighted by molar-refractivity contribution is 0.101. The molecule has 0 aromatic rings. The molecule has 0 radical (unpaired) electrons. The molecule has 0 amide bonds. The molecular formula is C11H21NO. The Morgan fingerprint density at radius 1 is 1.31 bits per heavy atom. The predicted octanol–water partition coefficient (Wildman–Crippen LogP) is 2.87. The highest BCUT2D eigenvalue weighted by Crippen LogP contribution is 2.15. The van der Waals surface area contributed by atoms with E-state index in [2.05, 4.69) is 13.0 Å². The average molecular weight is 183 g/mol. The molecule has 0 aliphatic rings. The first-order valence-electron chi connectivity index (χ1n) is 5.27. The van der Waals surface area contributed by atoms with Gasteiger partial charge in [-0.15, -0.1) is 0 Å². The van der Waals surface area contributed by atoms with Crippen LogP contribution in [0.5, 0.6) is 0 Å². The topological polar surface area (TPSA) is 44.0 Å². The van der Waals surface area contributed by atoms with Gasteiger partial charge in [-0.2, -0.15) is 5.26 Å². The maximum absolute atomic E-state index is 9.66. The first-order chi connectivity index (χ1) is 6.22. The molecule has 0 saturated heterocycles. The SMILES string of the molecule is CCCCC[C@@H](O)[C@@H](C)CCC#N. The summed E-state index contributed by atoms with van der Waals surface area (Å²) in [6.07, 6.45) is 5.56. The van der Waals surface area contributed by atoms with Crippen LogP contribution in [0.4, 0.5) is 0 Å². The van der Waals surface area contributed by atoms with Crippen LogP contribution in [0.1, 0.15) is 52.4 Å². The summed E-state index contributed by atoms with van der Waals surface area (Å²) in [7, 11) is 0. The molecule has 76 valence electrons. The van der Waals surface area contributed by atoms with E-state index in [9.17, 15) is 5.11 Å². The van der Waals surface area contributed by atoms with Crippen LogP contribution >= 0.6 is 0 Å². The largest absolute Gasteiger partial charge is 0.393 e. The van der Waals surface area contributed by atoms with Crippen LogP contribution in [0.25, 0.3) is 0 Å². The van der Waals surface area contributed by atoms with Crippen molar-refractivity contribution >= 4 is 0 Å². The van der Waals surface area contributed by atoms with Gasteiger partial charge in [0.1, 0.15) is 0 Å². The Bertz CT molecular complexity index is 151. The quantitative estimate of drug-likeness (QED) is 0.617. The zero-order valence-corrected chi connectivity index (χ0v) is 8.79. The number of aliphatic hydroxyl groups excluding tert-OH is 1. The van der Waals surface area contributed by atoms with Gasteiger partial charge in [-0.1, -0.05) is 33.1 Å². The summed E-state index contributed by atoms with van der Waals surface area (Å²) in [5.41, 5.74) is 0. The number of hydrogen-bond acceptors (Lipinski definition) is 2. The molecule has 13 heavy (non-hydrogen) atoms. The second kappa shape index (κ2) is 8.07. The maximum Gasteiger partial charge on any atom is 0.0621 e. The van der Waals surface area contributed by atoms with Crippen molar-refractivity contribution in [2.24, 2.45) is 5.92 Å². The first kappa shape index (κ1) is 12.4. The van der Waals surface area contributed by atoms with Gasteiger partial charge in [0.25, 0.3) is 0 Å². The molecule has 0 spiro atoms. The van der Waals surface area contributed by atoms with E-state index in [0.717, 1.165) is 19.3 Å². The minimum atomic E-state index is -0.208. The van der Waals surface area contributed by atoms with Crippen molar-refractivity contribution in [1.29, 1.82) is 5.26 Å². The predicted molar refractivity (Wildman–Crippen MR) is 54.2 cm³/mol. The molecule has 0 rings (SSSR count). The van der Waals surface area contributed by atoms with Crippen molar-refractivity contribution in [2.75, 3.05) is 0 Å². The molecule has 0 aliphatic heterocycles. The van der Waals surface area contributed by atoms with Crippen LogP contribution in [-0.4, -0.2) is 11.2 Å². The molecule has 0 unspecified atom stereocenters. The summed E-state index contributed by atoms with van der Waals surface area (Å²) in [4.78, 5) is 0. The Labute approximate surface area is 81.6 Å². The number of aliphatic hydroxyl groups is 1. The van der Waals surface area contributed by atoms with E-state index < -0.39 is 0 Å². The fourth-order valence-corrected chi connectivity index (χ4v) is 1.37. The van der Waals surface area contributed by atoms with Crippen molar-refractivity contribution in [1.82, 2.24) is 0 Å². The summed E-state index contributed by atoms with van der Waals surface area (Å²) in [6.45, 7) is 4.18. The fraction of sp³-hybridized carbons (Fsp3) is 0.909. The minimum absolute atomic E-state index is 0.208. The van der Waals surface area contributed by atoms with Crippen LogP contribution in [0.15, 0.2) is 0 Å². The van der Waals surface area contributed by atoms with Crippen LogP contribution in [0, 0.1) is 17.2 Å². The van der Waals surface area contributed by atoms with Crippen LogP contribution < -0.4 is 0 Å². The lowest BCUT2D eigenvalue weighted by Gasteiger charge is -2.17. The van der Waals surface area contributed by atoms with Gasteiger partial charge < -0.3 is 5.11 Å². The van der Waals surface area contributed by atoms with Crippen molar-refractivity contribution in [3.63, 3.8) is 0 Å². The smallest absolute Gasteiger partial charge is 0.0621 e. The zero-order chi connectivity index (χ0) is 10.1. The van der Waals surface area contributed by atoms with Crippen molar-refractivity contribution in [2.45, 2.75) is 58.5 Å². The minimum Gasteiger partial charge on any atom is -0.393 e. The van der Waals surface area contributed by atoms with Gasteiger partial charge in [-0.05, 0) is 18.8 Å². The highest BCUT2D eigenvalue weighted by molar-refractivity contribution is 4.73. The number of unbranched alkanes of at least 4 members (excludes halogenated alkanes) is 2. The lowest BCUT2D eigenvalue weighted by atomic mass is 9.95. The van der Waals surface area contributed by atoms with Gasteiger partial charge in [0.05, 0.1) is 12.2 Å². The molecule has 0 bridgehead atoms. The third-order valence-corrected chi connectivity index (χ3v) is 2.47. The van der Waals surface area contributed by atoms with Crippen molar-refractivity contribution in [3.05, 3.63) is 0 Å². The van der Waals surface area contributed by atoms with E-state index in [4.69, 9.17) is 5.26 Å². The van der Waals surface area contributed by atoms with Crippen LogP contribution in [0.3, 0.4) is 0 Å². The molecule has 0 aromatic carbocycles. The summed E-state index contributed by atoms with van der Waals surface area (Å²) in [6, 6.07) is 2.11. The van der Waals surface area contributed by atoms with Gasteiger partial charge >= 0.3 is 0 Å². The molecule has 0 aliphatic carbocycles. The monoisotopic (exact) mass is 183 g/mol. The van der Waals surface area contributed by atoms with Gasteiger partial charge in [0, 0.05) is 6.42 Å². The lowest BCUT2D eigenvalue weighted by Crippen LogP contribution is -2.17. The first-order valence-corrected chi connectivity index (χ1v) is 5.27. The molecule has 2 nitrogen and oxygen atoms in total. The molecule has 0 heterocycles. The number of hydrogen-bond donors (Lipinski definition) is 1. The highest BCUT2D eigenvalue weighted by atomic mass is 16.3. The molecule has 0 saturated carbocycles. The standard InChI is InChI=1S/C11H21NO/c1-3-4-5-8-11(13)10(2)7-6-9-12/h10-11,13H,3-8H2,1-2H3/t10-,11+/m0/s1. The summed E-state index contributed by atoms with van der Waals surface area (Å²) < 4.78 is 0. The van der Waals surface area contributed by atoms with E-state index in [-0.39, 0.29) is 12.0 Å². The van der Waals surface area contributed by atoms with E-state index in [1.54, 1.807) is 0 Å². The van der Waals surface area contributed by atoms with Crippen LogP contribution in [0.2, 0.25) is 0 Å². The summed E-state index contributed by atoms with van der Waals surface area (Å²) in [5.74, 6) is 0.275. The van der Waals surface area contributed by atoms with Crippen molar-refractivity contribution in [3.8, 4) is 6.07 Å². The molecule has 2 atom stereocenters.